The molecular weight excluding hydrogens is 260 g/mol. The summed E-state index contributed by atoms with van der Waals surface area (Å²) in [6, 6.07) is 0. The van der Waals surface area contributed by atoms with E-state index >= 15 is 0 Å². The van der Waals surface area contributed by atoms with Crippen LogP contribution in [0.3, 0.4) is 0 Å². The molecule has 2 aliphatic carbocycles. The van der Waals surface area contributed by atoms with Crippen molar-refractivity contribution in [2.45, 2.75) is 84.8 Å². The molecule has 2 rings (SSSR count). The Hall–Kier alpha value is -0.0800. The molecule has 2 nitrogen and oxygen atoms in total. The number of aliphatic hydroxyl groups is 2. The van der Waals surface area contributed by atoms with Crippen LogP contribution in [-0.4, -0.2) is 21.9 Å². The van der Waals surface area contributed by atoms with E-state index in [9.17, 15) is 10.2 Å². The highest BCUT2D eigenvalue weighted by Crippen LogP contribution is 2.49. The first kappa shape index (κ1) is 17.3. The van der Waals surface area contributed by atoms with E-state index in [0.717, 1.165) is 25.7 Å². The summed E-state index contributed by atoms with van der Waals surface area (Å²) in [6.45, 7) is 11.2. The molecule has 0 saturated heterocycles. The van der Waals surface area contributed by atoms with Gasteiger partial charge in [0, 0.05) is 0 Å². The fraction of sp³-hybridized carbons (Fsp3) is 1.00. The molecule has 0 aromatic heterocycles. The highest BCUT2D eigenvalue weighted by molar-refractivity contribution is 5.00. The zero-order valence-electron chi connectivity index (χ0n) is 14.7. The maximum absolute atomic E-state index is 11.6. The Morgan fingerprint density at radius 1 is 0.952 bits per heavy atom. The first-order valence-corrected chi connectivity index (χ1v) is 9.16. The minimum atomic E-state index is -0.585. The molecule has 124 valence electrons. The zero-order chi connectivity index (χ0) is 15.8. The lowest BCUT2D eigenvalue weighted by molar-refractivity contribution is -0.150. The van der Waals surface area contributed by atoms with Gasteiger partial charge >= 0.3 is 0 Å². The second-order valence-electron chi connectivity index (χ2n) is 8.67. The molecule has 0 bridgehead atoms. The summed E-state index contributed by atoms with van der Waals surface area (Å²) in [5.41, 5.74) is -0.585. The van der Waals surface area contributed by atoms with E-state index < -0.39 is 5.60 Å². The molecule has 0 aromatic carbocycles. The third kappa shape index (κ3) is 3.47. The average Bonchev–Trinajstić information content (AvgIpc) is 2.37. The Kier molecular flexibility index (Phi) is 5.41. The van der Waals surface area contributed by atoms with Gasteiger partial charge in [-0.15, -0.1) is 0 Å². The summed E-state index contributed by atoms with van der Waals surface area (Å²) in [7, 11) is 0. The molecule has 0 amide bonds. The van der Waals surface area contributed by atoms with Gasteiger partial charge in [-0.05, 0) is 61.2 Å². The molecule has 2 saturated carbocycles. The van der Waals surface area contributed by atoms with E-state index in [1.165, 1.54) is 12.8 Å². The quantitative estimate of drug-likeness (QED) is 0.817. The van der Waals surface area contributed by atoms with E-state index in [1.807, 2.05) is 0 Å². The van der Waals surface area contributed by atoms with Crippen molar-refractivity contribution >= 4 is 0 Å². The highest BCUT2D eigenvalue weighted by Gasteiger charge is 2.50. The third-order valence-corrected chi connectivity index (χ3v) is 6.65. The molecule has 7 unspecified atom stereocenters. The summed E-state index contributed by atoms with van der Waals surface area (Å²) < 4.78 is 0. The van der Waals surface area contributed by atoms with E-state index in [2.05, 4.69) is 34.6 Å². The molecule has 0 radical (unpaired) electrons. The third-order valence-electron chi connectivity index (χ3n) is 6.65. The van der Waals surface area contributed by atoms with Gasteiger partial charge in [-0.25, -0.2) is 0 Å². The van der Waals surface area contributed by atoms with Crippen molar-refractivity contribution < 1.29 is 10.2 Å². The summed E-state index contributed by atoms with van der Waals surface area (Å²) in [5.74, 6) is 2.61. The van der Waals surface area contributed by atoms with Crippen LogP contribution in [0.2, 0.25) is 0 Å². The molecule has 2 heteroatoms. The van der Waals surface area contributed by atoms with Crippen LogP contribution in [-0.2, 0) is 0 Å². The minimum Gasteiger partial charge on any atom is -0.393 e. The van der Waals surface area contributed by atoms with Crippen LogP contribution in [0.5, 0.6) is 0 Å². The molecule has 2 N–H and O–H groups in total. The largest absolute Gasteiger partial charge is 0.393 e. The van der Waals surface area contributed by atoms with Crippen LogP contribution in [0.1, 0.15) is 73.1 Å². The van der Waals surface area contributed by atoms with E-state index in [1.54, 1.807) is 0 Å². The van der Waals surface area contributed by atoms with Gasteiger partial charge in [-0.3, -0.25) is 0 Å². The lowest BCUT2D eigenvalue weighted by Gasteiger charge is -2.52. The molecule has 2 fully saturated rings. The fourth-order valence-electron chi connectivity index (χ4n) is 5.29. The Balaban J connectivity index is 2.18. The standard InChI is InChI=1S/C19H36O2/c1-12(2)17-9-7-14(4)11-19(17,21)15(5)16-8-6-13(3)10-18(16)20/h12-18,20-21H,6-11H2,1-5H3. The normalized spacial score (nSPS) is 46.6. The topological polar surface area (TPSA) is 40.5 Å². The fourth-order valence-corrected chi connectivity index (χ4v) is 5.29. The summed E-state index contributed by atoms with van der Waals surface area (Å²) >= 11 is 0. The molecule has 21 heavy (non-hydrogen) atoms. The van der Waals surface area contributed by atoms with Crippen molar-refractivity contribution in [2.75, 3.05) is 0 Å². The minimum absolute atomic E-state index is 0.204. The predicted octanol–water partition coefficient (Wildman–Crippen LogP) is 4.24. The molecule has 0 aromatic rings. The molecule has 2 aliphatic rings. The van der Waals surface area contributed by atoms with Crippen LogP contribution in [0, 0.1) is 35.5 Å². The highest BCUT2D eigenvalue weighted by atomic mass is 16.3. The molecular formula is C19H36O2. The van der Waals surface area contributed by atoms with Gasteiger partial charge in [0.2, 0.25) is 0 Å². The molecule has 0 heterocycles. The summed E-state index contributed by atoms with van der Waals surface area (Å²) in [6.07, 6.45) is 6.25. The Labute approximate surface area is 131 Å². The Morgan fingerprint density at radius 3 is 2.14 bits per heavy atom. The second kappa shape index (κ2) is 6.58. The van der Waals surface area contributed by atoms with Crippen molar-refractivity contribution in [1.29, 1.82) is 0 Å². The van der Waals surface area contributed by atoms with Crippen LogP contribution in [0.4, 0.5) is 0 Å². The van der Waals surface area contributed by atoms with Crippen LogP contribution in [0.15, 0.2) is 0 Å². The van der Waals surface area contributed by atoms with E-state index in [-0.39, 0.29) is 17.9 Å². The monoisotopic (exact) mass is 296 g/mol. The van der Waals surface area contributed by atoms with Gasteiger partial charge in [-0.1, -0.05) is 47.5 Å². The van der Waals surface area contributed by atoms with Gasteiger partial charge in [-0.2, -0.15) is 0 Å². The van der Waals surface area contributed by atoms with Crippen molar-refractivity contribution in [3.63, 3.8) is 0 Å². The number of aliphatic hydroxyl groups excluding tert-OH is 1. The molecule has 0 aliphatic heterocycles. The van der Waals surface area contributed by atoms with Crippen molar-refractivity contribution in [3.8, 4) is 0 Å². The molecule has 0 spiro atoms. The Morgan fingerprint density at radius 2 is 1.57 bits per heavy atom. The van der Waals surface area contributed by atoms with Crippen molar-refractivity contribution in [1.82, 2.24) is 0 Å². The number of rotatable bonds is 3. The van der Waals surface area contributed by atoms with E-state index in [0.29, 0.717) is 23.7 Å². The van der Waals surface area contributed by atoms with Gasteiger partial charge in [0.1, 0.15) is 0 Å². The van der Waals surface area contributed by atoms with Gasteiger partial charge < -0.3 is 10.2 Å². The summed E-state index contributed by atoms with van der Waals surface area (Å²) in [4.78, 5) is 0. The first-order valence-electron chi connectivity index (χ1n) is 9.16. The number of hydrogen-bond acceptors (Lipinski definition) is 2. The van der Waals surface area contributed by atoms with Gasteiger partial charge in [0.05, 0.1) is 11.7 Å². The predicted molar refractivity (Wildman–Crippen MR) is 88.0 cm³/mol. The van der Waals surface area contributed by atoms with Crippen LogP contribution in [0.25, 0.3) is 0 Å². The van der Waals surface area contributed by atoms with Gasteiger partial charge in [0.25, 0.3) is 0 Å². The van der Waals surface area contributed by atoms with E-state index in [4.69, 9.17) is 0 Å². The van der Waals surface area contributed by atoms with Crippen molar-refractivity contribution in [2.24, 2.45) is 35.5 Å². The smallest absolute Gasteiger partial charge is 0.0709 e. The van der Waals surface area contributed by atoms with Gasteiger partial charge in [0.15, 0.2) is 0 Å². The lowest BCUT2D eigenvalue weighted by atomic mass is 9.58. The second-order valence-corrected chi connectivity index (χ2v) is 8.67. The summed E-state index contributed by atoms with van der Waals surface area (Å²) in [5, 5.41) is 22.1. The molecule has 7 atom stereocenters. The number of hydrogen-bond donors (Lipinski definition) is 2. The Bertz CT molecular complexity index is 340. The zero-order valence-corrected chi connectivity index (χ0v) is 14.7. The first-order chi connectivity index (χ1) is 9.75. The van der Waals surface area contributed by atoms with Crippen LogP contribution >= 0.6 is 0 Å². The SMILES string of the molecule is CC1CCC(C(C)C2(O)CC(C)CCC2C(C)C)C(O)C1. The lowest BCUT2D eigenvalue weighted by Crippen LogP contribution is -2.54. The maximum atomic E-state index is 11.6. The average molecular weight is 296 g/mol. The maximum Gasteiger partial charge on any atom is 0.0709 e. The van der Waals surface area contributed by atoms with Crippen molar-refractivity contribution in [3.05, 3.63) is 0 Å². The van der Waals surface area contributed by atoms with Crippen LogP contribution < -0.4 is 0 Å².